The van der Waals surface area contributed by atoms with Crippen molar-refractivity contribution < 1.29 is 0 Å². The quantitative estimate of drug-likeness (QED) is 0.154. The number of hydrogen-bond donors (Lipinski definition) is 0. The number of aryl methyl sites for hydroxylation is 1. The van der Waals surface area contributed by atoms with Crippen LogP contribution in [0.25, 0.3) is 5.57 Å². The summed E-state index contributed by atoms with van der Waals surface area (Å²) < 4.78 is 0. The van der Waals surface area contributed by atoms with Gasteiger partial charge in [-0.3, -0.25) is 0 Å². The highest BCUT2D eigenvalue weighted by atomic mass is 14.5. The molecule has 0 aromatic heterocycles. The largest absolute Gasteiger partial charge is 0.115 e. The first-order valence-corrected chi connectivity index (χ1v) is 18.9. The summed E-state index contributed by atoms with van der Waals surface area (Å²) in [4.78, 5) is 0. The van der Waals surface area contributed by atoms with E-state index in [0.29, 0.717) is 29.1 Å². The third-order valence-electron chi connectivity index (χ3n) is 12.8. The lowest BCUT2D eigenvalue weighted by Crippen LogP contribution is -2.25. The van der Waals surface area contributed by atoms with Crippen LogP contribution in [0.3, 0.4) is 0 Å². The fourth-order valence-electron chi connectivity index (χ4n) is 9.67. The summed E-state index contributed by atoms with van der Waals surface area (Å²) in [6.07, 6.45) is 29.6. The Labute approximate surface area is 291 Å². The van der Waals surface area contributed by atoms with Crippen molar-refractivity contribution in [2.45, 2.75) is 102 Å². The van der Waals surface area contributed by atoms with Crippen LogP contribution < -0.4 is 0 Å². The van der Waals surface area contributed by atoms with Crippen LogP contribution in [0, 0.1) is 35.5 Å². The van der Waals surface area contributed by atoms with Crippen molar-refractivity contribution in [2.24, 2.45) is 23.2 Å². The van der Waals surface area contributed by atoms with Gasteiger partial charge in [0, 0.05) is 11.5 Å². The lowest BCUT2D eigenvalue weighted by Gasteiger charge is -2.38. The Morgan fingerprint density at radius 2 is 1.67 bits per heavy atom. The first-order valence-electron chi connectivity index (χ1n) is 18.9. The predicted octanol–water partition coefficient (Wildman–Crippen LogP) is 12.6. The third-order valence-corrected chi connectivity index (χ3v) is 12.8. The fraction of sp³-hybridized carbons (Fsp3) is 0.417. The molecule has 4 aliphatic rings. The zero-order valence-electron chi connectivity index (χ0n) is 29.2. The normalized spacial score (nSPS) is 25.2. The second-order valence-corrected chi connectivity index (χ2v) is 15.9. The Morgan fingerprint density at radius 1 is 0.896 bits per heavy atom. The van der Waals surface area contributed by atoms with Crippen LogP contribution in [0.4, 0.5) is 0 Å². The van der Waals surface area contributed by atoms with Crippen molar-refractivity contribution in [1.29, 1.82) is 0 Å². The van der Waals surface area contributed by atoms with E-state index in [1.165, 1.54) is 115 Å². The molecule has 0 amide bonds. The molecule has 0 aliphatic heterocycles. The highest BCUT2D eigenvalue weighted by Gasteiger charge is 2.44. The van der Waals surface area contributed by atoms with Crippen molar-refractivity contribution in [3.8, 4) is 12.3 Å². The molecule has 0 nitrogen and oxygen atoms in total. The van der Waals surface area contributed by atoms with E-state index in [2.05, 4.69) is 110 Å². The Hall–Kier alpha value is -3.82. The van der Waals surface area contributed by atoms with Crippen LogP contribution in [0.1, 0.15) is 123 Å². The van der Waals surface area contributed by atoms with E-state index in [-0.39, 0.29) is 0 Å². The standard InChI is InChI=1S/C48H54/c1-5-40-19-17-39(32-46(40)45-26-29-48(33-45)27-9-28-48)31-38-15-20-42(21-16-38)47(35(3)12-14-37-10-7-6-8-11-37)43-24-22-41(23-25-43)44-18-13-34(2)36(4)30-44/h1,6-8,10-11,13,17-19,22-25,30,32,36,38,42,45,47H,2-3,9,12,14-16,20-21,26-29,31,33H2,4H3. The Bertz CT molecular complexity index is 1710. The van der Waals surface area contributed by atoms with Gasteiger partial charge < -0.3 is 0 Å². The van der Waals surface area contributed by atoms with Crippen LogP contribution in [0.2, 0.25) is 0 Å². The molecule has 0 saturated heterocycles. The second kappa shape index (κ2) is 14.3. The maximum absolute atomic E-state index is 6.03. The molecule has 7 rings (SSSR count). The average molecular weight is 631 g/mol. The Kier molecular flexibility index (Phi) is 9.78. The van der Waals surface area contributed by atoms with Crippen molar-refractivity contribution >= 4 is 5.57 Å². The Morgan fingerprint density at radius 3 is 2.33 bits per heavy atom. The van der Waals surface area contributed by atoms with Crippen molar-refractivity contribution in [2.75, 3.05) is 0 Å². The van der Waals surface area contributed by atoms with Crippen LogP contribution in [-0.4, -0.2) is 0 Å². The summed E-state index contributed by atoms with van der Waals surface area (Å²) in [5, 5.41) is 0. The van der Waals surface area contributed by atoms with Gasteiger partial charge in [-0.05, 0) is 151 Å². The van der Waals surface area contributed by atoms with Gasteiger partial charge in [0.05, 0.1) is 0 Å². The van der Waals surface area contributed by atoms with Gasteiger partial charge in [0.2, 0.25) is 0 Å². The molecule has 0 heterocycles. The van der Waals surface area contributed by atoms with E-state index < -0.39 is 0 Å². The minimum atomic E-state index is 0.384. The van der Waals surface area contributed by atoms with Crippen LogP contribution >= 0.6 is 0 Å². The molecule has 3 aromatic carbocycles. The molecule has 3 unspecified atom stereocenters. The fourth-order valence-corrected chi connectivity index (χ4v) is 9.67. The number of hydrogen-bond acceptors (Lipinski definition) is 0. The molecule has 3 atom stereocenters. The van der Waals surface area contributed by atoms with E-state index in [9.17, 15) is 0 Å². The zero-order valence-corrected chi connectivity index (χ0v) is 29.2. The maximum Gasteiger partial charge on any atom is 0.0277 e. The summed E-state index contributed by atoms with van der Waals surface area (Å²) in [5.74, 6) is 5.88. The molecule has 246 valence electrons. The molecule has 1 spiro atoms. The highest BCUT2D eigenvalue weighted by molar-refractivity contribution is 5.77. The van der Waals surface area contributed by atoms with Crippen molar-refractivity contribution in [1.82, 2.24) is 0 Å². The summed E-state index contributed by atoms with van der Waals surface area (Å²) in [6, 6.07) is 27.5. The molecule has 3 fully saturated rings. The predicted molar refractivity (Wildman–Crippen MR) is 205 cm³/mol. The second-order valence-electron chi connectivity index (χ2n) is 15.9. The zero-order chi connectivity index (χ0) is 33.1. The lowest BCUT2D eigenvalue weighted by atomic mass is 9.67. The maximum atomic E-state index is 6.03. The third kappa shape index (κ3) is 7.13. The molecule has 3 aromatic rings. The molecule has 0 heteroatoms. The van der Waals surface area contributed by atoms with Gasteiger partial charge in [0.15, 0.2) is 0 Å². The number of benzene rings is 3. The van der Waals surface area contributed by atoms with E-state index in [1.54, 1.807) is 0 Å². The van der Waals surface area contributed by atoms with Gasteiger partial charge in [-0.1, -0.05) is 123 Å². The topological polar surface area (TPSA) is 0 Å². The molecule has 48 heavy (non-hydrogen) atoms. The number of terminal acetylenes is 1. The van der Waals surface area contributed by atoms with Gasteiger partial charge in [-0.15, -0.1) is 6.42 Å². The van der Waals surface area contributed by atoms with E-state index in [1.807, 2.05) is 0 Å². The van der Waals surface area contributed by atoms with Crippen LogP contribution in [0.5, 0.6) is 0 Å². The van der Waals surface area contributed by atoms with Crippen LogP contribution in [-0.2, 0) is 12.8 Å². The first kappa shape index (κ1) is 32.7. The average Bonchev–Trinajstić information content (AvgIpc) is 3.57. The molecule has 0 N–H and O–H groups in total. The van der Waals surface area contributed by atoms with Crippen LogP contribution in [0.15, 0.2) is 115 Å². The molecule has 0 bridgehead atoms. The van der Waals surface area contributed by atoms with Crippen molar-refractivity contribution in [3.05, 3.63) is 149 Å². The SMILES string of the molecule is C#Cc1ccc(CC2CCC(C(C(=C)CCc3ccccc3)c3ccc(C4=CC(C)C(=C)C=C4)cc3)CC2)cc1C1CCC2(CCC2)C1. The monoisotopic (exact) mass is 630 g/mol. The highest BCUT2D eigenvalue weighted by Crippen LogP contribution is 2.58. The molecule has 0 radical (unpaired) electrons. The Balaban J connectivity index is 1.04. The lowest BCUT2D eigenvalue weighted by molar-refractivity contribution is 0.141. The van der Waals surface area contributed by atoms with E-state index >= 15 is 0 Å². The van der Waals surface area contributed by atoms with Gasteiger partial charge in [0.25, 0.3) is 0 Å². The first-order chi connectivity index (χ1) is 23.4. The summed E-state index contributed by atoms with van der Waals surface area (Å²) in [5.41, 5.74) is 12.8. The number of allylic oxidation sites excluding steroid dienone is 6. The van der Waals surface area contributed by atoms with Crippen molar-refractivity contribution in [3.63, 3.8) is 0 Å². The molecular weight excluding hydrogens is 577 g/mol. The van der Waals surface area contributed by atoms with E-state index in [4.69, 9.17) is 13.0 Å². The summed E-state index contributed by atoms with van der Waals surface area (Å²) in [6.45, 7) is 11.2. The summed E-state index contributed by atoms with van der Waals surface area (Å²) in [7, 11) is 0. The smallest absolute Gasteiger partial charge is 0.0277 e. The number of rotatable bonds is 10. The van der Waals surface area contributed by atoms with Gasteiger partial charge >= 0.3 is 0 Å². The van der Waals surface area contributed by atoms with Gasteiger partial charge in [0.1, 0.15) is 0 Å². The molecular formula is C48H54. The molecule has 4 aliphatic carbocycles. The summed E-state index contributed by atoms with van der Waals surface area (Å²) >= 11 is 0. The van der Waals surface area contributed by atoms with Gasteiger partial charge in [-0.25, -0.2) is 0 Å². The van der Waals surface area contributed by atoms with Gasteiger partial charge in [-0.2, -0.15) is 0 Å². The minimum Gasteiger partial charge on any atom is -0.115 e. The molecule has 3 saturated carbocycles. The minimum absolute atomic E-state index is 0.384. The van der Waals surface area contributed by atoms with E-state index in [0.717, 1.165) is 24.3 Å².